The first-order valence-corrected chi connectivity index (χ1v) is 14.9. The van der Waals surface area contributed by atoms with E-state index in [4.69, 9.17) is 4.74 Å². The van der Waals surface area contributed by atoms with E-state index in [9.17, 15) is 18.8 Å². The van der Waals surface area contributed by atoms with Crippen molar-refractivity contribution >= 4 is 18.2 Å². The van der Waals surface area contributed by atoms with Crippen LogP contribution in [0, 0.1) is 17.7 Å². The van der Waals surface area contributed by atoms with Crippen LogP contribution in [-0.2, 0) is 22.7 Å². The molecule has 1 atom stereocenters. The fraction of sp³-hybridized carbons (Fsp3) is 0.485. The summed E-state index contributed by atoms with van der Waals surface area (Å²) in [5.74, 6) is 4.69. The van der Waals surface area contributed by atoms with Gasteiger partial charge in [0.2, 0.25) is 6.41 Å². The number of piperazine rings is 1. The maximum atomic E-state index is 13.6. The van der Waals surface area contributed by atoms with Gasteiger partial charge >= 0.3 is 0 Å². The van der Waals surface area contributed by atoms with Crippen LogP contribution in [0.2, 0.25) is 0 Å². The Morgan fingerprint density at radius 1 is 1.09 bits per heavy atom. The van der Waals surface area contributed by atoms with E-state index < -0.39 is 17.8 Å². The van der Waals surface area contributed by atoms with Crippen LogP contribution in [0.1, 0.15) is 59.2 Å². The summed E-state index contributed by atoms with van der Waals surface area (Å²) in [6.45, 7) is 6.06. The van der Waals surface area contributed by atoms with Crippen molar-refractivity contribution in [3.05, 3.63) is 64.5 Å². The van der Waals surface area contributed by atoms with E-state index in [1.54, 1.807) is 26.2 Å². The van der Waals surface area contributed by atoms with E-state index in [0.717, 1.165) is 36.8 Å². The van der Waals surface area contributed by atoms with Crippen LogP contribution in [0.15, 0.2) is 36.4 Å². The Morgan fingerprint density at radius 2 is 1.79 bits per heavy atom. The van der Waals surface area contributed by atoms with Crippen LogP contribution >= 0.6 is 0 Å². The number of imide groups is 1. The van der Waals surface area contributed by atoms with Gasteiger partial charge in [-0.1, -0.05) is 49.3 Å². The number of carbonyl (C=O) groups is 3. The number of benzene rings is 2. The maximum absolute atomic E-state index is 13.6. The standard InChI is InChI=1S/C23H32N4O2.C10H10FNO2/c1-24-22(23(29)25-18-28)12-11-19-7-9-20(10-8-19)17-26-13-15-27(16-14-26)21-5-3-2-4-6-21;1-12-5-6-3-4-7(14-2)9(11)8(6)10(12)13/h7-10,18,21-22,24H,2-6,13-17H2,1H3,(H,25,28,29);3-4H,5H2,1-2H3. The lowest BCUT2D eigenvalue weighted by molar-refractivity contribution is -0.125. The van der Waals surface area contributed by atoms with Gasteiger partial charge in [-0.2, -0.15) is 0 Å². The molecule has 1 saturated carbocycles. The van der Waals surface area contributed by atoms with Crippen molar-refractivity contribution in [3.8, 4) is 17.6 Å². The molecule has 5 rings (SSSR count). The average molecular weight is 592 g/mol. The molecular weight excluding hydrogens is 549 g/mol. The Morgan fingerprint density at radius 3 is 2.42 bits per heavy atom. The molecule has 2 aliphatic heterocycles. The van der Waals surface area contributed by atoms with Crippen LogP contribution in [0.5, 0.6) is 5.75 Å². The van der Waals surface area contributed by atoms with Crippen LogP contribution in [0.25, 0.3) is 0 Å². The summed E-state index contributed by atoms with van der Waals surface area (Å²) in [5.41, 5.74) is 3.00. The van der Waals surface area contributed by atoms with Gasteiger partial charge in [-0.25, -0.2) is 4.39 Å². The summed E-state index contributed by atoms with van der Waals surface area (Å²) in [7, 11) is 4.67. The summed E-state index contributed by atoms with van der Waals surface area (Å²) >= 11 is 0. The third-order valence-corrected chi connectivity index (χ3v) is 8.35. The van der Waals surface area contributed by atoms with Crippen molar-refractivity contribution in [2.75, 3.05) is 47.4 Å². The van der Waals surface area contributed by atoms with Crippen molar-refractivity contribution in [1.29, 1.82) is 0 Å². The van der Waals surface area contributed by atoms with E-state index in [1.807, 2.05) is 12.1 Å². The highest BCUT2D eigenvalue weighted by atomic mass is 19.1. The lowest BCUT2D eigenvalue weighted by Crippen LogP contribution is -2.50. The molecule has 1 aliphatic carbocycles. The van der Waals surface area contributed by atoms with Crippen molar-refractivity contribution in [2.45, 2.75) is 57.3 Å². The zero-order valence-corrected chi connectivity index (χ0v) is 25.3. The minimum atomic E-state index is -0.708. The number of hydrogen-bond acceptors (Lipinski definition) is 7. The molecule has 10 heteroatoms. The lowest BCUT2D eigenvalue weighted by Gasteiger charge is -2.40. The van der Waals surface area contributed by atoms with Gasteiger partial charge in [0.05, 0.1) is 12.7 Å². The fourth-order valence-electron chi connectivity index (χ4n) is 5.89. The van der Waals surface area contributed by atoms with Gasteiger partial charge in [0, 0.05) is 57.9 Å². The second kappa shape index (κ2) is 15.6. The number of hydrogen-bond donors (Lipinski definition) is 2. The minimum absolute atomic E-state index is 0.118. The summed E-state index contributed by atoms with van der Waals surface area (Å²) in [4.78, 5) is 40.3. The summed E-state index contributed by atoms with van der Waals surface area (Å²) in [5, 5.41) is 4.91. The van der Waals surface area contributed by atoms with E-state index >= 15 is 0 Å². The molecule has 0 bridgehead atoms. The Balaban J connectivity index is 0.000000251. The van der Waals surface area contributed by atoms with Gasteiger partial charge in [-0.3, -0.25) is 34.8 Å². The number of nitrogens with one attached hydrogen (secondary N) is 2. The highest BCUT2D eigenvalue weighted by Gasteiger charge is 2.29. The molecule has 0 spiro atoms. The third-order valence-electron chi connectivity index (χ3n) is 8.35. The summed E-state index contributed by atoms with van der Waals surface area (Å²) in [6.07, 6.45) is 7.35. The van der Waals surface area contributed by atoms with E-state index in [2.05, 4.69) is 44.4 Å². The molecule has 1 unspecified atom stereocenters. The van der Waals surface area contributed by atoms with Crippen molar-refractivity contribution in [3.63, 3.8) is 0 Å². The molecule has 9 nitrogen and oxygen atoms in total. The third kappa shape index (κ3) is 8.41. The van der Waals surface area contributed by atoms with Gasteiger partial charge in [0.1, 0.15) is 6.04 Å². The molecule has 2 aromatic carbocycles. The topological polar surface area (TPSA) is 94.2 Å². The number of rotatable bonds is 7. The second-order valence-electron chi connectivity index (χ2n) is 11.2. The monoisotopic (exact) mass is 591 g/mol. The molecular formula is C33H42FN5O4. The Bertz CT molecular complexity index is 1330. The highest BCUT2D eigenvalue weighted by Crippen LogP contribution is 2.29. The number of carbonyl (C=O) groups excluding carboxylic acids is 3. The van der Waals surface area contributed by atoms with E-state index in [1.165, 1.54) is 62.8 Å². The van der Waals surface area contributed by atoms with Crippen molar-refractivity contribution < 1.29 is 23.5 Å². The maximum Gasteiger partial charge on any atom is 0.257 e. The Hall–Kier alpha value is -3.78. The number of likely N-dealkylation sites (N-methyl/N-ethyl adjacent to an activating group) is 1. The number of fused-ring (bicyclic) bond motifs is 1. The van der Waals surface area contributed by atoms with Crippen LogP contribution < -0.4 is 15.4 Å². The molecule has 2 aromatic rings. The zero-order valence-electron chi connectivity index (χ0n) is 25.3. The Kier molecular flexibility index (Phi) is 11.7. The van der Waals surface area contributed by atoms with Crippen LogP contribution in [0.4, 0.5) is 4.39 Å². The van der Waals surface area contributed by atoms with Crippen molar-refractivity contribution in [2.24, 2.45) is 0 Å². The van der Waals surface area contributed by atoms with Gasteiger partial charge in [0.25, 0.3) is 11.8 Å². The van der Waals surface area contributed by atoms with E-state index in [0.29, 0.717) is 13.0 Å². The average Bonchev–Trinajstić information content (AvgIpc) is 3.33. The summed E-state index contributed by atoms with van der Waals surface area (Å²) < 4.78 is 18.4. The minimum Gasteiger partial charge on any atom is -0.494 e. The zero-order chi connectivity index (χ0) is 30.8. The fourth-order valence-corrected chi connectivity index (χ4v) is 5.89. The summed E-state index contributed by atoms with van der Waals surface area (Å²) in [6, 6.07) is 11.6. The first kappa shape index (κ1) is 32.1. The second-order valence-corrected chi connectivity index (χ2v) is 11.2. The number of ether oxygens (including phenoxy) is 1. The first-order valence-electron chi connectivity index (χ1n) is 14.9. The van der Waals surface area contributed by atoms with Crippen molar-refractivity contribution in [1.82, 2.24) is 25.3 Å². The predicted molar refractivity (Wildman–Crippen MR) is 163 cm³/mol. The quantitative estimate of drug-likeness (QED) is 0.378. The molecule has 0 aromatic heterocycles. The van der Waals surface area contributed by atoms with Gasteiger partial charge in [-0.15, -0.1) is 0 Å². The van der Waals surface area contributed by atoms with Gasteiger partial charge < -0.3 is 9.64 Å². The normalized spacial score (nSPS) is 18.0. The predicted octanol–water partition coefficient (Wildman–Crippen LogP) is 2.77. The molecule has 2 fully saturated rings. The number of halogens is 1. The number of amides is 3. The lowest BCUT2D eigenvalue weighted by atomic mass is 9.94. The van der Waals surface area contributed by atoms with Gasteiger partial charge in [-0.05, 0) is 49.2 Å². The Labute approximate surface area is 253 Å². The molecule has 2 N–H and O–H groups in total. The largest absolute Gasteiger partial charge is 0.494 e. The first-order chi connectivity index (χ1) is 20.8. The highest BCUT2D eigenvalue weighted by molar-refractivity contribution is 5.98. The molecule has 2 heterocycles. The van der Waals surface area contributed by atoms with Gasteiger partial charge in [0.15, 0.2) is 11.6 Å². The van der Waals surface area contributed by atoms with E-state index in [-0.39, 0.29) is 17.2 Å². The smallest absolute Gasteiger partial charge is 0.257 e. The molecule has 1 saturated heterocycles. The van der Waals surface area contributed by atoms with Crippen LogP contribution in [0.3, 0.4) is 0 Å². The molecule has 230 valence electrons. The number of methoxy groups -OCH3 is 1. The molecule has 43 heavy (non-hydrogen) atoms. The molecule has 3 aliphatic rings. The molecule has 0 radical (unpaired) electrons. The van der Waals surface area contributed by atoms with Crippen LogP contribution in [-0.4, -0.2) is 92.4 Å². The molecule has 3 amide bonds. The number of nitrogens with zero attached hydrogens (tertiary/aromatic N) is 3. The SMILES string of the molecule is CNC(C#Cc1ccc(CN2CCN(C3CCCCC3)CC2)cc1)C(=O)NC=O.COc1ccc2c(c1F)C(=O)N(C)C2.